The van der Waals surface area contributed by atoms with Crippen molar-refractivity contribution < 1.29 is 19.1 Å². The van der Waals surface area contributed by atoms with E-state index >= 15 is 0 Å². The van der Waals surface area contributed by atoms with Crippen molar-refractivity contribution in [2.45, 2.75) is 57.2 Å². The zero-order chi connectivity index (χ0) is 24.3. The van der Waals surface area contributed by atoms with Gasteiger partial charge < -0.3 is 19.7 Å². The fourth-order valence-electron chi connectivity index (χ4n) is 5.53. The number of carbonyl (C=O) groups is 2. The summed E-state index contributed by atoms with van der Waals surface area (Å²) >= 11 is 0. The molecular formula is C28H35N3O4. The summed E-state index contributed by atoms with van der Waals surface area (Å²) in [4.78, 5) is 31.5. The Morgan fingerprint density at radius 3 is 2.46 bits per heavy atom. The smallest absolute Gasteiger partial charge is 0.246 e. The van der Waals surface area contributed by atoms with E-state index in [1.165, 1.54) is 5.56 Å². The lowest BCUT2D eigenvalue weighted by Gasteiger charge is -2.51. The first kappa shape index (κ1) is 23.7. The number of hydrogen-bond acceptors (Lipinski definition) is 5. The predicted octanol–water partition coefficient (Wildman–Crippen LogP) is 3.16. The lowest BCUT2D eigenvalue weighted by atomic mass is 9.81. The lowest BCUT2D eigenvalue weighted by molar-refractivity contribution is -0.161. The number of fused-ring (bicyclic) bond motifs is 1. The highest BCUT2D eigenvalue weighted by atomic mass is 16.6. The molecule has 0 aliphatic carbocycles. The van der Waals surface area contributed by atoms with Gasteiger partial charge in [0.05, 0.1) is 0 Å². The second-order valence-corrected chi connectivity index (χ2v) is 9.84. The Morgan fingerprint density at radius 1 is 0.971 bits per heavy atom. The Balaban J connectivity index is 1.28. The van der Waals surface area contributed by atoms with E-state index in [0.29, 0.717) is 39.0 Å². The number of piperidine rings is 1. The number of hydrogen-bond donors (Lipinski definition) is 1. The number of amides is 2. The number of piperazine rings is 1. The molecule has 186 valence electrons. The topological polar surface area (TPSA) is 71.1 Å². The minimum absolute atomic E-state index is 0.00751. The highest BCUT2D eigenvalue weighted by Crippen LogP contribution is 2.35. The first-order chi connectivity index (χ1) is 17.1. The molecule has 3 heterocycles. The molecule has 7 heteroatoms. The van der Waals surface area contributed by atoms with E-state index in [1.807, 2.05) is 41.3 Å². The Morgan fingerprint density at radius 2 is 1.71 bits per heavy atom. The maximum Gasteiger partial charge on any atom is 0.246 e. The van der Waals surface area contributed by atoms with E-state index < -0.39 is 11.6 Å². The quantitative estimate of drug-likeness (QED) is 0.663. The normalized spacial score (nSPS) is 21.7. The molecule has 35 heavy (non-hydrogen) atoms. The molecular weight excluding hydrogens is 442 g/mol. The Bertz CT molecular complexity index is 1050. The first-order valence-corrected chi connectivity index (χ1v) is 12.9. The lowest BCUT2D eigenvalue weighted by Crippen LogP contribution is -2.73. The molecule has 2 aromatic rings. The van der Waals surface area contributed by atoms with Crippen LogP contribution in [0, 0.1) is 0 Å². The first-order valence-electron chi connectivity index (χ1n) is 12.9. The van der Waals surface area contributed by atoms with Crippen LogP contribution in [-0.2, 0) is 22.6 Å². The number of ether oxygens (including phenoxy) is 2. The third-order valence-electron chi connectivity index (χ3n) is 7.52. The summed E-state index contributed by atoms with van der Waals surface area (Å²) in [5.41, 5.74) is 1.48. The largest absolute Gasteiger partial charge is 0.486 e. The summed E-state index contributed by atoms with van der Waals surface area (Å²) in [7, 11) is 0. The monoisotopic (exact) mass is 477 g/mol. The summed E-state index contributed by atoms with van der Waals surface area (Å²) in [5, 5.41) is 3.10. The van der Waals surface area contributed by atoms with Crippen LogP contribution in [0.1, 0.15) is 43.7 Å². The molecule has 2 saturated heterocycles. The van der Waals surface area contributed by atoms with E-state index in [1.54, 1.807) is 0 Å². The van der Waals surface area contributed by atoms with Gasteiger partial charge in [-0.1, -0.05) is 49.7 Å². The molecule has 2 amide bonds. The van der Waals surface area contributed by atoms with Gasteiger partial charge in [0.15, 0.2) is 11.5 Å². The van der Waals surface area contributed by atoms with Crippen molar-refractivity contribution in [3.05, 3.63) is 59.7 Å². The van der Waals surface area contributed by atoms with Gasteiger partial charge in [-0.05, 0) is 42.5 Å². The van der Waals surface area contributed by atoms with E-state index in [-0.39, 0.29) is 11.8 Å². The van der Waals surface area contributed by atoms with Crippen LogP contribution in [0.4, 0.5) is 0 Å². The fourth-order valence-corrected chi connectivity index (χ4v) is 5.53. The molecule has 0 aromatic heterocycles. The number of nitrogens with zero attached hydrogens (tertiary/aromatic N) is 2. The second kappa shape index (κ2) is 10.3. The molecule has 0 saturated carbocycles. The molecule has 0 radical (unpaired) electrons. The predicted molar refractivity (Wildman–Crippen MR) is 133 cm³/mol. The number of carbonyl (C=O) groups excluding carboxylic acids is 2. The third-order valence-corrected chi connectivity index (χ3v) is 7.52. The average Bonchev–Trinajstić information content (AvgIpc) is 2.89. The summed E-state index contributed by atoms with van der Waals surface area (Å²) < 4.78 is 11.4. The van der Waals surface area contributed by atoms with Crippen molar-refractivity contribution in [1.29, 1.82) is 0 Å². The van der Waals surface area contributed by atoms with Crippen LogP contribution >= 0.6 is 0 Å². The van der Waals surface area contributed by atoms with Crippen molar-refractivity contribution in [2.24, 2.45) is 0 Å². The zero-order valence-corrected chi connectivity index (χ0v) is 20.5. The highest BCUT2D eigenvalue weighted by Gasteiger charge is 2.53. The van der Waals surface area contributed by atoms with Crippen LogP contribution in [-0.4, -0.2) is 66.0 Å². The summed E-state index contributed by atoms with van der Waals surface area (Å²) in [6, 6.07) is 15.5. The molecule has 1 atom stereocenters. The minimum atomic E-state index is -0.747. The average molecular weight is 478 g/mol. The van der Waals surface area contributed by atoms with Crippen LogP contribution in [0.3, 0.4) is 0 Å². The van der Waals surface area contributed by atoms with E-state index in [2.05, 4.69) is 29.3 Å². The Labute approximate surface area is 207 Å². The van der Waals surface area contributed by atoms with Gasteiger partial charge in [0.2, 0.25) is 11.8 Å². The van der Waals surface area contributed by atoms with Gasteiger partial charge in [-0.25, -0.2) is 0 Å². The maximum absolute atomic E-state index is 13.6. The summed E-state index contributed by atoms with van der Waals surface area (Å²) in [6.45, 7) is 6.23. The molecule has 1 spiro atoms. The van der Waals surface area contributed by atoms with Gasteiger partial charge in [0.25, 0.3) is 0 Å². The third kappa shape index (κ3) is 4.87. The Kier molecular flexibility index (Phi) is 6.95. The minimum Gasteiger partial charge on any atom is -0.486 e. The van der Waals surface area contributed by atoms with E-state index in [9.17, 15) is 9.59 Å². The molecule has 5 rings (SSSR count). The van der Waals surface area contributed by atoms with Crippen LogP contribution in [0.2, 0.25) is 0 Å². The van der Waals surface area contributed by atoms with Crippen molar-refractivity contribution in [3.8, 4) is 11.5 Å². The SMILES string of the molecule is CCCCN1C(=O)C(Cc2ccccc2)NC(=O)C12CCN(Cc1ccc3c(c1)OCCO3)CC2. The standard InChI is InChI=1S/C28H35N3O4/c1-2-3-13-31-26(32)23(18-21-7-5-4-6-8-21)29-27(33)28(31)11-14-30(15-12-28)20-22-9-10-24-25(19-22)35-17-16-34-24/h4-10,19,23H,2-3,11-18,20H2,1H3,(H,29,33). The van der Waals surface area contributed by atoms with Gasteiger partial charge in [-0.15, -0.1) is 0 Å². The number of benzene rings is 2. The molecule has 0 bridgehead atoms. The number of unbranched alkanes of at least 4 members (excludes halogenated alkanes) is 1. The van der Waals surface area contributed by atoms with Crippen LogP contribution in [0.25, 0.3) is 0 Å². The number of nitrogens with one attached hydrogen (secondary N) is 1. The van der Waals surface area contributed by atoms with E-state index in [4.69, 9.17) is 9.47 Å². The van der Waals surface area contributed by atoms with Gasteiger partial charge in [-0.2, -0.15) is 0 Å². The van der Waals surface area contributed by atoms with Crippen molar-refractivity contribution >= 4 is 11.8 Å². The zero-order valence-electron chi connectivity index (χ0n) is 20.5. The molecule has 2 aromatic carbocycles. The van der Waals surface area contributed by atoms with Crippen molar-refractivity contribution in [3.63, 3.8) is 0 Å². The molecule has 3 aliphatic heterocycles. The second-order valence-electron chi connectivity index (χ2n) is 9.84. The van der Waals surface area contributed by atoms with Crippen LogP contribution in [0.15, 0.2) is 48.5 Å². The maximum atomic E-state index is 13.6. The van der Waals surface area contributed by atoms with Gasteiger partial charge in [0, 0.05) is 32.6 Å². The van der Waals surface area contributed by atoms with Gasteiger partial charge >= 0.3 is 0 Å². The molecule has 3 aliphatic rings. The van der Waals surface area contributed by atoms with Crippen LogP contribution < -0.4 is 14.8 Å². The molecule has 7 nitrogen and oxygen atoms in total. The Hall–Kier alpha value is -3.06. The fraction of sp³-hybridized carbons (Fsp3) is 0.500. The molecule has 1 unspecified atom stereocenters. The number of likely N-dealkylation sites (tertiary alicyclic amines) is 1. The highest BCUT2D eigenvalue weighted by molar-refractivity contribution is 6.00. The van der Waals surface area contributed by atoms with Crippen LogP contribution in [0.5, 0.6) is 11.5 Å². The molecule has 2 fully saturated rings. The van der Waals surface area contributed by atoms with Gasteiger partial charge in [0.1, 0.15) is 24.8 Å². The van der Waals surface area contributed by atoms with Crippen molar-refractivity contribution in [2.75, 3.05) is 32.8 Å². The van der Waals surface area contributed by atoms with Gasteiger partial charge in [-0.3, -0.25) is 14.5 Å². The summed E-state index contributed by atoms with van der Waals surface area (Å²) in [5.74, 6) is 1.66. The summed E-state index contributed by atoms with van der Waals surface area (Å²) in [6.07, 6.45) is 3.72. The van der Waals surface area contributed by atoms with Crippen molar-refractivity contribution in [1.82, 2.24) is 15.1 Å². The molecule has 1 N–H and O–H groups in total. The van der Waals surface area contributed by atoms with E-state index in [0.717, 1.165) is 49.5 Å². The number of rotatable bonds is 7.